The summed E-state index contributed by atoms with van der Waals surface area (Å²) in [5, 5.41) is 8.54. The van der Waals surface area contributed by atoms with Gasteiger partial charge in [0.2, 0.25) is 10.0 Å². The number of nitrogens with two attached hydrogens (primary N) is 1. The minimum Gasteiger partial charge on any atom is -0.396 e. The number of hydrogen-bond donors (Lipinski definition) is 1. The standard InChI is InChI=1S/C12H16FN3O2S/c1-3-16(6-4-5-14)19(17,18)12-8-11(15)10(13)7-9(12)2/h7-8H,3-4,6,15H2,1-2H3. The predicted octanol–water partition coefficient (Wildman–Crippen LogP) is 1.64. The number of rotatable bonds is 5. The van der Waals surface area contributed by atoms with Crippen molar-refractivity contribution in [3.8, 4) is 6.07 Å². The third kappa shape index (κ3) is 3.22. The smallest absolute Gasteiger partial charge is 0.243 e. The molecule has 0 aliphatic heterocycles. The van der Waals surface area contributed by atoms with E-state index >= 15 is 0 Å². The van der Waals surface area contributed by atoms with E-state index in [9.17, 15) is 12.8 Å². The summed E-state index contributed by atoms with van der Waals surface area (Å²) in [6.07, 6.45) is 0.1000. The summed E-state index contributed by atoms with van der Waals surface area (Å²) < 4.78 is 39.2. The second-order valence-electron chi connectivity index (χ2n) is 4.04. The van der Waals surface area contributed by atoms with Crippen molar-refractivity contribution in [2.75, 3.05) is 18.8 Å². The van der Waals surface area contributed by atoms with Crippen LogP contribution in [0.5, 0.6) is 0 Å². The Morgan fingerprint density at radius 1 is 1.47 bits per heavy atom. The minimum absolute atomic E-state index is 0.0220. The molecule has 2 N–H and O–H groups in total. The van der Waals surface area contributed by atoms with E-state index < -0.39 is 15.8 Å². The first-order valence-electron chi connectivity index (χ1n) is 5.77. The topological polar surface area (TPSA) is 87.2 Å². The van der Waals surface area contributed by atoms with E-state index in [1.807, 2.05) is 6.07 Å². The SMILES string of the molecule is CCN(CCC#N)S(=O)(=O)c1cc(N)c(F)cc1C. The van der Waals surface area contributed by atoms with Crippen molar-refractivity contribution >= 4 is 15.7 Å². The summed E-state index contributed by atoms with van der Waals surface area (Å²) in [7, 11) is -3.76. The number of halogens is 1. The molecule has 1 rings (SSSR count). The zero-order chi connectivity index (χ0) is 14.6. The highest BCUT2D eigenvalue weighted by Gasteiger charge is 2.25. The molecule has 0 amide bonds. The predicted molar refractivity (Wildman–Crippen MR) is 70.2 cm³/mol. The summed E-state index contributed by atoms with van der Waals surface area (Å²) in [5.74, 6) is -0.642. The fourth-order valence-electron chi connectivity index (χ4n) is 1.71. The van der Waals surface area contributed by atoms with Crippen molar-refractivity contribution < 1.29 is 12.8 Å². The summed E-state index contributed by atoms with van der Waals surface area (Å²) in [4.78, 5) is -0.0220. The van der Waals surface area contributed by atoms with Gasteiger partial charge in [0.1, 0.15) is 5.82 Å². The first-order chi connectivity index (χ1) is 8.84. The zero-order valence-corrected chi connectivity index (χ0v) is 11.7. The maximum absolute atomic E-state index is 13.3. The molecule has 1 aromatic carbocycles. The molecule has 1 aromatic rings. The molecule has 0 aliphatic rings. The van der Waals surface area contributed by atoms with E-state index in [2.05, 4.69) is 0 Å². The molecule has 0 aromatic heterocycles. The molecule has 0 saturated heterocycles. The normalized spacial score (nSPS) is 11.5. The zero-order valence-electron chi connectivity index (χ0n) is 10.9. The number of nitriles is 1. The van der Waals surface area contributed by atoms with Crippen LogP contribution in [0.1, 0.15) is 18.9 Å². The monoisotopic (exact) mass is 285 g/mol. The fraction of sp³-hybridized carbons (Fsp3) is 0.417. The van der Waals surface area contributed by atoms with Gasteiger partial charge >= 0.3 is 0 Å². The van der Waals surface area contributed by atoms with Crippen LogP contribution in [-0.4, -0.2) is 25.8 Å². The Bertz CT molecular complexity index is 608. The van der Waals surface area contributed by atoms with E-state index in [1.165, 1.54) is 11.2 Å². The molecule has 0 spiro atoms. The van der Waals surface area contributed by atoms with Crippen LogP contribution in [0.2, 0.25) is 0 Å². The van der Waals surface area contributed by atoms with Gasteiger partial charge < -0.3 is 5.73 Å². The molecule has 104 valence electrons. The molecular weight excluding hydrogens is 269 g/mol. The Labute approximate surface area is 112 Å². The van der Waals surface area contributed by atoms with Gasteiger partial charge in [0, 0.05) is 19.5 Å². The van der Waals surface area contributed by atoms with Crippen LogP contribution < -0.4 is 5.73 Å². The Morgan fingerprint density at radius 3 is 2.63 bits per heavy atom. The Morgan fingerprint density at radius 2 is 2.11 bits per heavy atom. The largest absolute Gasteiger partial charge is 0.396 e. The van der Waals surface area contributed by atoms with Crippen LogP contribution >= 0.6 is 0 Å². The average Bonchev–Trinajstić information content (AvgIpc) is 2.34. The van der Waals surface area contributed by atoms with Crippen molar-refractivity contribution in [3.63, 3.8) is 0 Å². The van der Waals surface area contributed by atoms with E-state index in [-0.39, 0.29) is 30.1 Å². The van der Waals surface area contributed by atoms with Crippen molar-refractivity contribution in [1.82, 2.24) is 4.31 Å². The maximum atomic E-state index is 13.3. The lowest BCUT2D eigenvalue weighted by atomic mass is 10.2. The van der Waals surface area contributed by atoms with Crippen LogP contribution in [0.4, 0.5) is 10.1 Å². The first kappa shape index (κ1) is 15.4. The summed E-state index contributed by atoms with van der Waals surface area (Å²) >= 11 is 0. The number of sulfonamides is 1. The second kappa shape index (κ2) is 5.99. The van der Waals surface area contributed by atoms with Crippen molar-refractivity contribution in [2.45, 2.75) is 25.2 Å². The molecule has 0 fully saturated rings. The lowest BCUT2D eigenvalue weighted by molar-refractivity contribution is 0.434. The van der Waals surface area contributed by atoms with Gasteiger partial charge in [-0.1, -0.05) is 6.92 Å². The molecule has 0 bridgehead atoms. The highest BCUT2D eigenvalue weighted by molar-refractivity contribution is 7.89. The van der Waals surface area contributed by atoms with Gasteiger partial charge in [0.15, 0.2) is 0 Å². The van der Waals surface area contributed by atoms with Gasteiger partial charge in [-0.15, -0.1) is 0 Å². The first-order valence-corrected chi connectivity index (χ1v) is 7.21. The van der Waals surface area contributed by atoms with Crippen molar-refractivity contribution in [3.05, 3.63) is 23.5 Å². The van der Waals surface area contributed by atoms with Crippen LogP contribution in [0.25, 0.3) is 0 Å². The number of nitrogens with zero attached hydrogens (tertiary/aromatic N) is 2. The minimum atomic E-state index is -3.76. The molecule has 0 aliphatic carbocycles. The Hall–Kier alpha value is -1.65. The van der Waals surface area contributed by atoms with Gasteiger partial charge in [0.05, 0.1) is 16.7 Å². The molecular formula is C12H16FN3O2S. The number of anilines is 1. The lowest BCUT2D eigenvalue weighted by Gasteiger charge is -2.20. The van der Waals surface area contributed by atoms with E-state index in [0.717, 1.165) is 12.1 Å². The van der Waals surface area contributed by atoms with Gasteiger partial charge in [-0.25, -0.2) is 12.8 Å². The molecule has 19 heavy (non-hydrogen) atoms. The lowest BCUT2D eigenvalue weighted by Crippen LogP contribution is -2.32. The van der Waals surface area contributed by atoms with Crippen LogP contribution in [0, 0.1) is 24.1 Å². The molecule has 5 nitrogen and oxygen atoms in total. The van der Waals surface area contributed by atoms with Crippen LogP contribution in [0.15, 0.2) is 17.0 Å². The molecule has 0 unspecified atom stereocenters. The third-order valence-corrected chi connectivity index (χ3v) is 4.85. The number of benzene rings is 1. The van der Waals surface area contributed by atoms with Gasteiger partial charge in [-0.05, 0) is 24.6 Å². The van der Waals surface area contributed by atoms with Gasteiger partial charge in [-0.2, -0.15) is 9.57 Å². The van der Waals surface area contributed by atoms with E-state index in [1.54, 1.807) is 6.92 Å². The van der Waals surface area contributed by atoms with Crippen molar-refractivity contribution in [1.29, 1.82) is 5.26 Å². The van der Waals surface area contributed by atoms with E-state index in [4.69, 9.17) is 11.0 Å². The fourth-order valence-corrected chi connectivity index (χ4v) is 3.40. The molecule has 0 atom stereocenters. The Kier molecular flexibility index (Phi) is 4.86. The van der Waals surface area contributed by atoms with Gasteiger partial charge in [0.25, 0.3) is 0 Å². The highest BCUT2D eigenvalue weighted by atomic mass is 32.2. The summed E-state index contributed by atoms with van der Waals surface area (Å²) in [6, 6.07) is 4.12. The molecule has 0 radical (unpaired) electrons. The number of aryl methyl sites for hydroxylation is 1. The quantitative estimate of drug-likeness (QED) is 0.833. The Balaban J connectivity index is 3.26. The average molecular weight is 285 g/mol. The summed E-state index contributed by atoms with van der Waals surface area (Å²) in [5.41, 5.74) is 5.50. The second-order valence-corrected chi connectivity index (χ2v) is 5.95. The molecule has 0 heterocycles. The summed E-state index contributed by atoms with van der Waals surface area (Å²) in [6.45, 7) is 3.53. The third-order valence-electron chi connectivity index (χ3n) is 2.74. The highest BCUT2D eigenvalue weighted by Crippen LogP contribution is 2.24. The van der Waals surface area contributed by atoms with Crippen molar-refractivity contribution in [2.24, 2.45) is 0 Å². The molecule has 0 saturated carbocycles. The number of nitrogen functional groups attached to an aromatic ring is 1. The van der Waals surface area contributed by atoms with Crippen LogP contribution in [-0.2, 0) is 10.0 Å². The van der Waals surface area contributed by atoms with Crippen LogP contribution in [0.3, 0.4) is 0 Å². The van der Waals surface area contributed by atoms with E-state index in [0.29, 0.717) is 5.56 Å². The van der Waals surface area contributed by atoms with Gasteiger partial charge in [-0.3, -0.25) is 0 Å². The molecule has 7 heteroatoms. The number of hydrogen-bond acceptors (Lipinski definition) is 4. The maximum Gasteiger partial charge on any atom is 0.243 e.